The Morgan fingerprint density at radius 2 is 2.23 bits per heavy atom. The minimum atomic E-state index is -0.362. The van der Waals surface area contributed by atoms with Gasteiger partial charge in [0.05, 0.1) is 13.2 Å². The summed E-state index contributed by atoms with van der Waals surface area (Å²) in [6.07, 6.45) is 0.928. The SMILES string of the molecule is COc1ccc(C)nc1NC(=O)N1CCC(O)CC(C)(C)C1. The molecule has 1 aliphatic heterocycles. The summed E-state index contributed by atoms with van der Waals surface area (Å²) < 4.78 is 5.24. The van der Waals surface area contributed by atoms with Crippen molar-refractivity contribution in [3.8, 4) is 5.75 Å². The molecule has 6 heteroatoms. The second-order valence-electron chi connectivity index (χ2n) is 6.67. The Kier molecular flexibility index (Phi) is 4.90. The van der Waals surface area contributed by atoms with Crippen LogP contribution < -0.4 is 10.1 Å². The smallest absolute Gasteiger partial charge is 0.323 e. The summed E-state index contributed by atoms with van der Waals surface area (Å²) in [5.41, 5.74) is 0.694. The zero-order chi connectivity index (χ0) is 16.3. The van der Waals surface area contributed by atoms with Crippen LogP contribution in [0.15, 0.2) is 12.1 Å². The van der Waals surface area contributed by atoms with Crippen molar-refractivity contribution in [1.82, 2.24) is 9.88 Å². The number of carbonyl (C=O) groups is 1. The van der Waals surface area contributed by atoms with Crippen LogP contribution in [-0.4, -0.2) is 47.3 Å². The summed E-state index contributed by atoms with van der Waals surface area (Å²) in [5, 5.41) is 12.8. The molecule has 2 rings (SSSR count). The number of amides is 2. The number of ether oxygens (including phenoxy) is 1. The molecule has 1 unspecified atom stereocenters. The van der Waals surface area contributed by atoms with Gasteiger partial charge >= 0.3 is 6.03 Å². The quantitative estimate of drug-likeness (QED) is 0.880. The monoisotopic (exact) mass is 307 g/mol. The number of hydrogen-bond donors (Lipinski definition) is 2. The van der Waals surface area contributed by atoms with Gasteiger partial charge in [-0.2, -0.15) is 0 Å². The Morgan fingerprint density at radius 3 is 2.91 bits per heavy atom. The van der Waals surface area contributed by atoms with Gasteiger partial charge in [-0.1, -0.05) is 13.8 Å². The number of pyridine rings is 1. The molecular formula is C16H25N3O3. The van der Waals surface area contributed by atoms with Crippen LogP contribution in [0.4, 0.5) is 10.6 Å². The summed E-state index contributed by atoms with van der Waals surface area (Å²) in [5.74, 6) is 0.961. The number of aliphatic hydroxyl groups is 1. The van der Waals surface area contributed by atoms with Crippen LogP contribution in [-0.2, 0) is 0 Å². The maximum atomic E-state index is 12.5. The molecule has 0 aromatic carbocycles. The van der Waals surface area contributed by atoms with E-state index in [0.29, 0.717) is 37.5 Å². The van der Waals surface area contributed by atoms with Crippen LogP contribution in [0.2, 0.25) is 0 Å². The van der Waals surface area contributed by atoms with Gasteiger partial charge in [-0.25, -0.2) is 9.78 Å². The van der Waals surface area contributed by atoms with Gasteiger partial charge < -0.3 is 14.7 Å². The van der Waals surface area contributed by atoms with Gasteiger partial charge in [0, 0.05) is 18.8 Å². The van der Waals surface area contributed by atoms with Gasteiger partial charge in [0.15, 0.2) is 11.6 Å². The fourth-order valence-electron chi connectivity index (χ4n) is 2.86. The number of nitrogens with zero attached hydrogens (tertiary/aromatic N) is 2. The third kappa shape index (κ3) is 4.10. The molecule has 0 saturated carbocycles. The minimum Gasteiger partial charge on any atom is -0.493 e. The zero-order valence-electron chi connectivity index (χ0n) is 13.7. The first-order valence-electron chi connectivity index (χ1n) is 7.56. The van der Waals surface area contributed by atoms with E-state index in [0.717, 1.165) is 5.69 Å². The molecule has 22 heavy (non-hydrogen) atoms. The Morgan fingerprint density at radius 1 is 1.50 bits per heavy atom. The molecule has 2 amide bonds. The molecule has 1 fully saturated rings. The minimum absolute atomic E-state index is 0.114. The highest BCUT2D eigenvalue weighted by Crippen LogP contribution is 2.29. The fraction of sp³-hybridized carbons (Fsp3) is 0.625. The zero-order valence-corrected chi connectivity index (χ0v) is 13.7. The standard InChI is InChI=1S/C16H25N3O3/c1-11-5-6-13(22-4)14(17-11)18-15(21)19-8-7-12(20)9-16(2,3)10-19/h5-6,12,20H,7-10H2,1-4H3,(H,17,18,21). The van der Waals surface area contributed by atoms with Gasteiger partial charge in [0.2, 0.25) is 0 Å². The van der Waals surface area contributed by atoms with E-state index in [9.17, 15) is 9.90 Å². The molecule has 0 spiro atoms. The van der Waals surface area contributed by atoms with Gasteiger partial charge in [-0.3, -0.25) is 5.32 Å². The molecule has 0 radical (unpaired) electrons. The molecule has 1 aromatic rings. The van der Waals surface area contributed by atoms with Crippen molar-refractivity contribution in [3.63, 3.8) is 0 Å². The first kappa shape index (κ1) is 16.5. The van der Waals surface area contributed by atoms with E-state index >= 15 is 0 Å². The maximum Gasteiger partial charge on any atom is 0.323 e. The molecule has 2 N–H and O–H groups in total. The van der Waals surface area contributed by atoms with Crippen molar-refractivity contribution in [2.75, 3.05) is 25.5 Å². The molecule has 2 heterocycles. The lowest BCUT2D eigenvalue weighted by Gasteiger charge is -2.29. The number of aliphatic hydroxyl groups excluding tert-OH is 1. The highest BCUT2D eigenvalue weighted by atomic mass is 16.5. The van der Waals surface area contributed by atoms with Gasteiger partial charge in [0.25, 0.3) is 0 Å². The number of urea groups is 1. The first-order chi connectivity index (χ1) is 10.3. The van der Waals surface area contributed by atoms with Crippen LogP contribution >= 0.6 is 0 Å². The number of aryl methyl sites for hydroxylation is 1. The van der Waals surface area contributed by atoms with Crippen molar-refractivity contribution in [2.24, 2.45) is 5.41 Å². The first-order valence-corrected chi connectivity index (χ1v) is 7.56. The van der Waals surface area contributed by atoms with E-state index in [2.05, 4.69) is 24.1 Å². The van der Waals surface area contributed by atoms with E-state index in [1.807, 2.05) is 13.0 Å². The average Bonchev–Trinajstić information content (AvgIpc) is 2.56. The summed E-state index contributed by atoms with van der Waals surface area (Å²) in [6, 6.07) is 3.41. The Bertz CT molecular complexity index is 545. The number of rotatable bonds is 2. The Labute approximate surface area is 131 Å². The number of methoxy groups -OCH3 is 1. The van der Waals surface area contributed by atoms with Crippen molar-refractivity contribution in [2.45, 2.75) is 39.7 Å². The molecular weight excluding hydrogens is 282 g/mol. The topological polar surface area (TPSA) is 74.7 Å². The number of hydrogen-bond acceptors (Lipinski definition) is 4. The largest absolute Gasteiger partial charge is 0.493 e. The number of nitrogens with one attached hydrogen (secondary N) is 1. The molecule has 0 aliphatic carbocycles. The Balaban J connectivity index is 2.13. The predicted molar refractivity (Wildman–Crippen MR) is 85.1 cm³/mol. The lowest BCUT2D eigenvalue weighted by molar-refractivity contribution is 0.122. The van der Waals surface area contributed by atoms with E-state index in [1.165, 1.54) is 0 Å². The summed E-state index contributed by atoms with van der Waals surface area (Å²) in [6.45, 7) is 7.12. The molecule has 1 aromatic heterocycles. The molecule has 1 atom stereocenters. The normalized spacial score (nSPS) is 21.1. The van der Waals surface area contributed by atoms with E-state index < -0.39 is 0 Å². The van der Waals surface area contributed by atoms with Crippen molar-refractivity contribution < 1.29 is 14.6 Å². The predicted octanol–water partition coefficient (Wildman–Crippen LogP) is 2.41. The van der Waals surface area contributed by atoms with Crippen LogP contribution in [0.1, 0.15) is 32.4 Å². The highest BCUT2D eigenvalue weighted by Gasteiger charge is 2.31. The second kappa shape index (κ2) is 6.52. The highest BCUT2D eigenvalue weighted by molar-refractivity contribution is 5.89. The van der Waals surface area contributed by atoms with Gasteiger partial charge in [0.1, 0.15) is 0 Å². The van der Waals surface area contributed by atoms with E-state index in [-0.39, 0.29) is 17.6 Å². The lowest BCUT2D eigenvalue weighted by Crippen LogP contribution is -2.40. The van der Waals surface area contributed by atoms with Crippen LogP contribution in [0.3, 0.4) is 0 Å². The molecule has 1 saturated heterocycles. The van der Waals surface area contributed by atoms with Crippen molar-refractivity contribution >= 4 is 11.8 Å². The maximum absolute atomic E-state index is 12.5. The molecule has 1 aliphatic rings. The van der Waals surface area contributed by atoms with E-state index in [4.69, 9.17) is 4.74 Å². The van der Waals surface area contributed by atoms with Crippen LogP contribution in [0, 0.1) is 12.3 Å². The molecule has 0 bridgehead atoms. The number of anilines is 1. The number of likely N-dealkylation sites (tertiary alicyclic amines) is 1. The molecule has 122 valence electrons. The van der Waals surface area contributed by atoms with Gasteiger partial charge in [-0.05, 0) is 37.3 Å². The number of carbonyl (C=O) groups excluding carboxylic acids is 1. The summed E-state index contributed by atoms with van der Waals surface area (Å²) in [4.78, 5) is 18.6. The molecule has 6 nitrogen and oxygen atoms in total. The third-order valence-corrected chi connectivity index (χ3v) is 3.87. The van der Waals surface area contributed by atoms with Crippen molar-refractivity contribution in [3.05, 3.63) is 17.8 Å². The van der Waals surface area contributed by atoms with E-state index in [1.54, 1.807) is 18.1 Å². The van der Waals surface area contributed by atoms with Crippen LogP contribution in [0.5, 0.6) is 5.75 Å². The summed E-state index contributed by atoms with van der Waals surface area (Å²) >= 11 is 0. The average molecular weight is 307 g/mol. The summed E-state index contributed by atoms with van der Waals surface area (Å²) in [7, 11) is 1.55. The van der Waals surface area contributed by atoms with Crippen molar-refractivity contribution in [1.29, 1.82) is 0 Å². The Hall–Kier alpha value is -1.82. The van der Waals surface area contributed by atoms with Gasteiger partial charge in [-0.15, -0.1) is 0 Å². The number of aromatic nitrogens is 1. The van der Waals surface area contributed by atoms with Crippen LogP contribution in [0.25, 0.3) is 0 Å². The third-order valence-electron chi connectivity index (χ3n) is 3.87. The lowest BCUT2D eigenvalue weighted by atomic mass is 9.87. The second-order valence-corrected chi connectivity index (χ2v) is 6.67. The fourth-order valence-corrected chi connectivity index (χ4v) is 2.86.